The van der Waals surface area contributed by atoms with E-state index in [2.05, 4.69) is 0 Å². The van der Waals surface area contributed by atoms with Crippen molar-refractivity contribution in [2.24, 2.45) is 5.92 Å². The topological polar surface area (TPSA) is 40.1 Å². The molecule has 9 heavy (non-hydrogen) atoms. The number of carboxylic acids is 1. The Balaban J connectivity index is 0. The Morgan fingerprint density at radius 2 is 2.00 bits per heavy atom. The minimum Gasteiger partial charge on any atom is -0.550 e. The van der Waals surface area contributed by atoms with Crippen molar-refractivity contribution in [1.29, 1.82) is 0 Å². The molecule has 0 aliphatic rings. The summed E-state index contributed by atoms with van der Waals surface area (Å²) in [4.78, 5) is 9.79. The molecule has 0 saturated heterocycles. The van der Waals surface area contributed by atoms with Gasteiger partial charge in [0.15, 0.2) is 0 Å². The molecular formula is C6H11CsO2. The molecule has 0 amide bonds. The average Bonchev–Trinajstić information content (AvgIpc) is 1.61. The molecule has 0 aliphatic carbocycles. The number of carbonyl (C=O) groups is 1. The van der Waals surface area contributed by atoms with E-state index in [1.807, 2.05) is 13.8 Å². The maximum absolute atomic E-state index is 9.79. The van der Waals surface area contributed by atoms with Crippen LogP contribution in [0.5, 0.6) is 0 Å². The van der Waals surface area contributed by atoms with Crippen molar-refractivity contribution in [1.82, 2.24) is 0 Å². The molecule has 0 aromatic rings. The first kappa shape index (κ1) is 13.1. The molecule has 0 rings (SSSR count). The number of hydrogen-bond acceptors (Lipinski definition) is 2. The van der Waals surface area contributed by atoms with E-state index < -0.39 is 5.97 Å². The van der Waals surface area contributed by atoms with Gasteiger partial charge >= 0.3 is 68.9 Å². The van der Waals surface area contributed by atoms with E-state index in [9.17, 15) is 9.90 Å². The number of aliphatic carboxylic acids is 1. The quantitative estimate of drug-likeness (QED) is 0.540. The number of rotatable bonds is 3. The maximum Gasteiger partial charge on any atom is 1.00 e. The first-order valence-corrected chi connectivity index (χ1v) is 2.82. The third-order valence-electron chi connectivity index (χ3n) is 0.926. The summed E-state index contributed by atoms with van der Waals surface area (Å²) in [5.41, 5.74) is 0. The van der Waals surface area contributed by atoms with E-state index in [1.54, 1.807) is 0 Å². The summed E-state index contributed by atoms with van der Waals surface area (Å²) in [6, 6.07) is 0. The maximum atomic E-state index is 9.79. The zero-order valence-corrected chi connectivity index (χ0v) is 12.6. The van der Waals surface area contributed by atoms with E-state index in [0.29, 0.717) is 5.92 Å². The van der Waals surface area contributed by atoms with Gasteiger partial charge in [0.05, 0.1) is 0 Å². The molecule has 0 atom stereocenters. The van der Waals surface area contributed by atoms with E-state index >= 15 is 0 Å². The summed E-state index contributed by atoms with van der Waals surface area (Å²) < 4.78 is 0. The molecular weight excluding hydrogens is 237 g/mol. The summed E-state index contributed by atoms with van der Waals surface area (Å²) in [6.07, 6.45) is 0.917. The average molecular weight is 248 g/mol. The van der Waals surface area contributed by atoms with Crippen molar-refractivity contribution in [3.63, 3.8) is 0 Å². The molecule has 3 heteroatoms. The van der Waals surface area contributed by atoms with Crippen LogP contribution in [-0.4, -0.2) is 5.97 Å². The fourth-order valence-corrected chi connectivity index (χ4v) is 0.407. The molecule has 0 aromatic carbocycles. The second-order valence-corrected chi connectivity index (χ2v) is 2.30. The summed E-state index contributed by atoms with van der Waals surface area (Å²) in [5.74, 6) is -0.480. The van der Waals surface area contributed by atoms with Crippen molar-refractivity contribution in [3.8, 4) is 0 Å². The van der Waals surface area contributed by atoms with E-state index in [4.69, 9.17) is 0 Å². The Morgan fingerprint density at radius 3 is 2.11 bits per heavy atom. The Bertz CT molecular complexity index is 81.1. The third kappa shape index (κ3) is 12.7. The summed E-state index contributed by atoms with van der Waals surface area (Å²) in [5, 5.41) is 9.79. The van der Waals surface area contributed by atoms with Crippen LogP contribution < -0.4 is 74.0 Å². The normalized spacial score (nSPS) is 8.78. The monoisotopic (exact) mass is 248 g/mol. The summed E-state index contributed by atoms with van der Waals surface area (Å²) >= 11 is 0. The van der Waals surface area contributed by atoms with Gasteiger partial charge in [-0.15, -0.1) is 0 Å². The molecule has 0 saturated carbocycles. The molecule has 2 nitrogen and oxygen atoms in total. The summed E-state index contributed by atoms with van der Waals surface area (Å²) in [7, 11) is 0. The Hall–Kier alpha value is 1.52. The molecule has 0 heterocycles. The Kier molecular flexibility index (Phi) is 11.1. The second-order valence-electron chi connectivity index (χ2n) is 2.30. The predicted octanol–water partition coefficient (Wildman–Crippen LogP) is -2.82. The van der Waals surface area contributed by atoms with E-state index in [1.165, 1.54) is 0 Å². The van der Waals surface area contributed by atoms with Gasteiger partial charge in [-0.1, -0.05) is 13.8 Å². The van der Waals surface area contributed by atoms with Gasteiger partial charge in [0.25, 0.3) is 0 Å². The molecule has 0 bridgehead atoms. The number of carbonyl (C=O) groups excluding carboxylic acids is 1. The van der Waals surface area contributed by atoms with Crippen molar-refractivity contribution < 1.29 is 78.8 Å². The zero-order chi connectivity index (χ0) is 6.57. The predicted molar refractivity (Wildman–Crippen MR) is 29.1 cm³/mol. The van der Waals surface area contributed by atoms with Crippen molar-refractivity contribution in [2.45, 2.75) is 26.7 Å². The van der Waals surface area contributed by atoms with Crippen molar-refractivity contribution in [2.75, 3.05) is 0 Å². The Morgan fingerprint density at radius 1 is 1.56 bits per heavy atom. The van der Waals surface area contributed by atoms with E-state index in [0.717, 1.165) is 6.42 Å². The first-order valence-electron chi connectivity index (χ1n) is 2.82. The van der Waals surface area contributed by atoms with Gasteiger partial charge in [0, 0.05) is 5.97 Å². The van der Waals surface area contributed by atoms with Gasteiger partial charge < -0.3 is 9.90 Å². The molecule has 48 valence electrons. The molecule has 0 unspecified atom stereocenters. The van der Waals surface area contributed by atoms with Crippen molar-refractivity contribution in [3.05, 3.63) is 0 Å². The van der Waals surface area contributed by atoms with Gasteiger partial charge in [-0.3, -0.25) is 0 Å². The van der Waals surface area contributed by atoms with Crippen LogP contribution in [0.3, 0.4) is 0 Å². The molecule has 0 radical (unpaired) electrons. The zero-order valence-electron chi connectivity index (χ0n) is 6.31. The number of carboxylic acid groups (broad SMARTS) is 1. The molecule has 0 aromatic heterocycles. The van der Waals surface area contributed by atoms with Gasteiger partial charge in [-0.25, -0.2) is 0 Å². The molecule has 0 fully saturated rings. The molecule has 0 spiro atoms. The fourth-order valence-electron chi connectivity index (χ4n) is 0.407. The Labute approximate surface area is 115 Å². The summed E-state index contributed by atoms with van der Waals surface area (Å²) in [6.45, 7) is 3.98. The largest absolute Gasteiger partial charge is 1.00 e. The first-order chi connectivity index (χ1) is 3.63. The van der Waals surface area contributed by atoms with Gasteiger partial charge in [0.2, 0.25) is 0 Å². The number of hydrogen-bond donors (Lipinski definition) is 0. The van der Waals surface area contributed by atoms with Crippen molar-refractivity contribution >= 4 is 5.97 Å². The second kappa shape index (κ2) is 7.63. The fraction of sp³-hybridized carbons (Fsp3) is 0.833. The minimum absolute atomic E-state index is 0. The molecule has 0 aliphatic heterocycles. The van der Waals surface area contributed by atoms with Crippen LogP contribution in [0.2, 0.25) is 0 Å². The SMILES string of the molecule is CC(C)CCC(=O)[O-].[Cs+]. The van der Waals surface area contributed by atoms with Gasteiger partial charge in [0.1, 0.15) is 0 Å². The smallest absolute Gasteiger partial charge is 0.550 e. The van der Waals surface area contributed by atoms with E-state index in [-0.39, 0.29) is 75.3 Å². The standard InChI is InChI=1S/C6H12O2.Cs/c1-5(2)3-4-6(7)8;/h5H,3-4H2,1-2H3,(H,7,8);/q;+1/p-1. The van der Waals surface area contributed by atoms with Crippen LogP contribution in [0.4, 0.5) is 0 Å². The third-order valence-corrected chi connectivity index (χ3v) is 0.926. The van der Waals surface area contributed by atoms with Crippen LogP contribution in [0, 0.1) is 5.92 Å². The van der Waals surface area contributed by atoms with Crippen LogP contribution in [0.15, 0.2) is 0 Å². The van der Waals surface area contributed by atoms with Crippen LogP contribution in [-0.2, 0) is 4.79 Å². The van der Waals surface area contributed by atoms with Gasteiger partial charge in [-0.05, 0) is 18.8 Å². The van der Waals surface area contributed by atoms with Crippen LogP contribution in [0.25, 0.3) is 0 Å². The van der Waals surface area contributed by atoms with Crippen LogP contribution in [0.1, 0.15) is 26.7 Å². The minimum atomic E-state index is -0.946. The van der Waals surface area contributed by atoms with Crippen LogP contribution >= 0.6 is 0 Å². The van der Waals surface area contributed by atoms with Gasteiger partial charge in [-0.2, -0.15) is 0 Å². The molecule has 0 N–H and O–H groups in total.